The van der Waals surface area contributed by atoms with Gasteiger partial charge in [-0.05, 0) is 214 Å². The van der Waals surface area contributed by atoms with Crippen molar-refractivity contribution in [2.24, 2.45) is 11.8 Å². The van der Waals surface area contributed by atoms with Crippen molar-refractivity contribution < 1.29 is 0 Å². The van der Waals surface area contributed by atoms with E-state index in [0.717, 1.165) is 12.8 Å². The molecule has 6 aromatic rings. The van der Waals surface area contributed by atoms with Crippen molar-refractivity contribution >= 4 is 49.4 Å². The average Bonchev–Trinajstić information content (AvgIpc) is 3.86. The van der Waals surface area contributed by atoms with E-state index >= 15 is 0 Å². The van der Waals surface area contributed by atoms with Crippen LogP contribution >= 0.6 is 0 Å². The summed E-state index contributed by atoms with van der Waals surface area (Å²) in [5, 5.41) is 8.81. The minimum absolute atomic E-state index is 0.0466. The Labute approximate surface area is 380 Å². The van der Waals surface area contributed by atoms with E-state index in [-0.39, 0.29) is 16.2 Å². The third-order valence-corrected chi connectivity index (χ3v) is 16.8. The van der Waals surface area contributed by atoms with Gasteiger partial charge in [-0.25, -0.2) is 0 Å². The Morgan fingerprint density at radius 3 is 1.41 bits per heavy atom. The van der Waals surface area contributed by atoms with Gasteiger partial charge in [0.05, 0.1) is 0 Å². The first kappa shape index (κ1) is 39.0. The number of rotatable bonds is 2. The van der Waals surface area contributed by atoms with Gasteiger partial charge in [0, 0.05) is 11.8 Å². The summed E-state index contributed by atoms with van der Waals surface area (Å²) in [4.78, 5) is 0. The van der Waals surface area contributed by atoms with Gasteiger partial charge in [-0.15, -0.1) is 0 Å². The Hall–Kier alpha value is -5.46. The van der Waals surface area contributed by atoms with Crippen LogP contribution in [0, 0.1) is 11.8 Å². The van der Waals surface area contributed by atoms with Crippen molar-refractivity contribution in [1.29, 1.82) is 0 Å². The van der Waals surface area contributed by atoms with Gasteiger partial charge in [-0.1, -0.05) is 157 Å². The molecule has 318 valence electrons. The highest BCUT2D eigenvalue weighted by Crippen LogP contribution is 2.64. The topological polar surface area (TPSA) is 0 Å². The van der Waals surface area contributed by atoms with E-state index in [1.807, 2.05) is 0 Å². The average molecular weight is 831 g/mol. The summed E-state index contributed by atoms with van der Waals surface area (Å²) >= 11 is 0. The van der Waals surface area contributed by atoms with Crippen LogP contribution < -0.4 is 10.4 Å². The molecule has 0 aliphatic heterocycles. The van der Waals surface area contributed by atoms with Gasteiger partial charge >= 0.3 is 0 Å². The van der Waals surface area contributed by atoms with Crippen LogP contribution in [0.15, 0.2) is 96.6 Å². The van der Waals surface area contributed by atoms with Crippen molar-refractivity contribution in [2.75, 3.05) is 0 Å². The zero-order valence-electron chi connectivity index (χ0n) is 40.4. The maximum atomic E-state index is 2.65. The van der Waals surface area contributed by atoms with Crippen LogP contribution in [0.5, 0.6) is 0 Å². The molecule has 0 bridgehead atoms. The Morgan fingerprint density at radius 1 is 0.406 bits per heavy atom. The SMILES string of the molecule is CC(C)c1c2c(c(C(C)C)c3cc4c(cc13)-c1cc(C(C)(C)C)cc3cc(C(C)(C)C)cc-4c13)C1=CC=C3c4ccc5c6c4=C(CCC=6c4cc(C(C)(C)C)ccc4-5)C4=CC=C2C1C43. The highest BCUT2D eigenvalue weighted by molar-refractivity contribution is 6.20. The summed E-state index contributed by atoms with van der Waals surface area (Å²) in [6, 6.07) is 27.7. The molecule has 0 N–H and O–H groups in total. The molecular weight excluding hydrogens is 769 g/mol. The third kappa shape index (κ3) is 4.85. The van der Waals surface area contributed by atoms with Crippen LogP contribution in [0.4, 0.5) is 0 Å². The van der Waals surface area contributed by atoms with Crippen molar-refractivity contribution in [3.05, 3.63) is 157 Å². The molecule has 13 rings (SSSR count). The zero-order valence-corrected chi connectivity index (χ0v) is 40.4. The maximum absolute atomic E-state index is 2.65. The monoisotopic (exact) mass is 830 g/mol. The van der Waals surface area contributed by atoms with Crippen molar-refractivity contribution in [2.45, 2.75) is 131 Å². The van der Waals surface area contributed by atoms with Crippen molar-refractivity contribution in [3.63, 3.8) is 0 Å². The predicted molar refractivity (Wildman–Crippen MR) is 275 cm³/mol. The molecule has 6 aromatic carbocycles. The van der Waals surface area contributed by atoms with E-state index in [0.29, 0.717) is 23.7 Å². The molecule has 0 radical (unpaired) electrons. The van der Waals surface area contributed by atoms with Gasteiger partial charge in [0.15, 0.2) is 0 Å². The quantitative estimate of drug-likeness (QED) is 0.163. The molecule has 0 saturated heterocycles. The summed E-state index contributed by atoms with van der Waals surface area (Å²) in [7, 11) is 0. The second-order valence-corrected chi connectivity index (χ2v) is 24.3. The predicted octanol–water partition coefficient (Wildman–Crippen LogP) is 16.0. The molecule has 0 fully saturated rings. The second kappa shape index (κ2) is 12.2. The molecule has 0 spiro atoms. The smallest absolute Gasteiger partial charge is 0.0212 e. The summed E-state index contributed by atoms with van der Waals surface area (Å²) in [5.74, 6) is 1.40. The Bertz CT molecular complexity index is 3510. The lowest BCUT2D eigenvalue weighted by atomic mass is 9.62. The number of benzene rings is 6. The first-order valence-electron chi connectivity index (χ1n) is 24.5. The van der Waals surface area contributed by atoms with Crippen LogP contribution in [0.3, 0.4) is 0 Å². The minimum Gasteiger partial charge on any atom is -0.0586 e. The normalized spacial score (nSPS) is 19.5. The lowest BCUT2D eigenvalue weighted by molar-refractivity contribution is 0.589. The second-order valence-electron chi connectivity index (χ2n) is 24.3. The van der Waals surface area contributed by atoms with Crippen LogP contribution in [0.1, 0.15) is 165 Å². The Balaban J connectivity index is 1.08. The summed E-state index contributed by atoms with van der Waals surface area (Å²) < 4.78 is 0. The molecule has 0 heteroatoms. The molecule has 7 aliphatic carbocycles. The van der Waals surface area contributed by atoms with Gasteiger partial charge < -0.3 is 0 Å². The minimum atomic E-state index is 0.0466. The van der Waals surface area contributed by atoms with Crippen molar-refractivity contribution in [1.82, 2.24) is 0 Å². The molecule has 2 unspecified atom stereocenters. The summed E-state index contributed by atoms with van der Waals surface area (Å²) in [5.41, 5.74) is 31.6. The maximum Gasteiger partial charge on any atom is 0.0212 e. The van der Waals surface area contributed by atoms with Crippen molar-refractivity contribution in [3.8, 4) is 33.4 Å². The third-order valence-electron chi connectivity index (χ3n) is 16.8. The molecule has 0 nitrogen and oxygen atoms in total. The first-order chi connectivity index (χ1) is 30.3. The molecule has 2 atom stereocenters. The zero-order chi connectivity index (χ0) is 44.4. The number of hydrogen-bond donors (Lipinski definition) is 0. The fourth-order valence-electron chi connectivity index (χ4n) is 13.7. The molecule has 0 aromatic heterocycles. The molecule has 64 heavy (non-hydrogen) atoms. The van der Waals surface area contributed by atoms with Gasteiger partial charge in [0.1, 0.15) is 0 Å². The van der Waals surface area contributed by atoms with Gasteiger partial charge in [-0.2, -0.15) is 0 Å². The van der Waals surface area contributed by atoms with Gasteiger partial charge in [-0.3, -0.25) is 0 Å². The Kier molecular flexibility index (Phi) is 7.46. The lowest BCUT2D eigenvalue weighted by Gasteiger charge is -2.41. The van der Waals surface area contributed by atoms with E-state index < -0.39 is 0 Å². The van der Waals surface area contributed by atoms with E-state index in [9.17, 15) is 0 Å². The molecule has 0 amide bonds. The van der Waals surface area contributed by atoms with E-state index in [1.165, 1.54) is 110 Å². The first-order valence-corrected chi connectivity index (χ1v) is 24.5. The number of hydrogen-bond acceptors (Lipinski definition) is 0. The van der Waals surface area contributed by atoms with Gasteiger partial charge in [0.25, 0.3) is 0 Å². The molecule has 7 aliphatic rings. The van der Waals surface area contributed by atoms with E-state index in [1.54, 1.807) is 39.0 Å². The highest BCUT2D eigenvalue weighted by atomic mass is 14.5. The number of allylic oxidation sites excluding steroid dienone is 8. The summed E-state index contributed by atoms with van der Waals surface area (Å²) in [6.07, 6.45) is 12.6. The molecular formula is C64H62. The highest BCUT2D eigenvalue weighted by Gasteiger charge is 2.49. The fourth-order valence-corrected chi connectivity index (χ4v) is 13.7. The van der Waals surface area contributed by atoms with Crippen LogP contribution in [-0.2, 0) is 16.2 Å². The van der Waals surface area contributed by atoms with E-state index in [4.69, 9.17) is 0 Å². The largest absolute Gasteiger partial charge is 0.0586 e. The number of fused-ring (bicyclic) bond motifs is 12. The Morgan fingerprint density at radius 2 is 0.859 bits per heavy atom. The van der Waals surface area contributed by atoms with Gasteiger partial charge in [0.2, 0.25) is 0 Å². The summed E-state index contributed by atoms with van der Waals surface area (Å²) in [6.45, 7) is 31.1. The molecule has 0 heterocycles. The fraction of sp³-hybridized carbons (Fsp3) is 0.344. The van der Waals surface area contributed by atoms with E-state index in [2.05, 4.69) is 181 Å². The standard InChI is InChI=1S/C64H62/c1-31(2)53-51-29-47-48(50-28-36(64(11,12)13)25-33-24-35(63(8,9)10)27-49(47)55(33)50)30-52(51)54(32(3)4)61-45-23-21-42-40-18-19-43-46-26-34(62(5,6)7)14-15-37(46)38-16-17-39(57(40)56(38)43)41-20-22-44(60(53)61)59(45)58(41)42/h14-17,20-32,58-59H,18-19H2,1-13H3. The molecule has 0 saturated carbocycles. The van der Waals surface area contributed by atoms with Crippen LogP contribution in [-0.4, -0.2) is 0 Å². The van der Waals surface area contributed by atoms with Crippen LogP contribution in [0.2, 0.25) is 0 Å². The van der Waals surface area contributed by atoms with Crippen LogP contribution in [0.25, 0.3) is 82.8 Å². The lowest BCUT2D eigenvalue weighted by Crippen LogP contribution is -2.41.